The Morgan fingerprint density at radius 2 is 2.38 bits per heavy atom. The SMILES string of the molecule is Cn1ccc(C(=O)c2cn[nH]n2)n1. The zero-order valence-electron chi connectivity index (χ0n) is 6.93. The van der Waals surface area contributed by atoms with Gasteiger partial charge >= 0.3 is 0 Å². The minimum Gasteiger partial charge on any atom is -0.285 e. The summed E-state index contributed by atoms with van der Waals surface area (Å²) < 4.78 is 1.56. The second-order valence-corrected chi connectivity index (χ2v) is 2.56. The number of aromatic nitrogens is 5. The van der Waals surface area contributed by atoms with Gasteiger partial charge in [0, 0.05) is 13.2 Å². The summed E-state index contributed by atoms with van der Waals surface area (Å²) in [6.45, 7) is 0. The van der Waals surface area contributed by atoms with Gasteiger partial charge in [-0.05, 0) is 6.07 Å². The lowest BCUT2D eigenvalue weighted by Gasteiger charge is -1.88. The Balaban J connectivity index is 2.33. The summed E-state index contributed by atoms with van der Waals surface area (Å²) in [7, 11) is 1.75. The van der Waals surface area contributed by atoms with Crippen molar-refractivity contribution < 1.29 is 4.79 Å². The number of hydrogen-bond donors (Lipinski definition) is 1. The van der Waals surface area contributed by atoms with E-state index >= 15 is 0 Å². The van der Waals surface area contributed by atoms with Gasteiger partial charge in [-0.1, -0.05) is 0 Å². The second kappa shape index (κ2) is 2.81. The van der Waals surface area contributed by atoms with Gasteiger partial charge in [-0.15, -0.1) is 0 Å². The van der Waals surface area contributed by atoms with Crippen LogP contribution in [0, 0.1) is 0 Å². The van der Waals surface area contributed by atoms with Crippen LogP contribution in [-0.2, 0) is 7.05 Å². The maximum Gasteiger partial charge on any atom is 0.235 e. The van der Waals surface area contributed by atoms with Gasteiger partial charge in [0.1, 0.15) is 5.69 Å². The molecule has 0 aliphatic heterocycles. The average molecular weight is 177 g/mol. The standard InChI is InChI=1S/C7H7N5O/c1-12-3-2-5(10-12)7(13)6-4-8-11-9-6/h2-4H,1H3,(H,8,9,11). The van der Waals surface area contributed by atoms with Crippen LogP contribution in [0.5, 0.6) is 0 Å². The first kappa shape index (κ1) is 7.66. The highest BCUT2D eigenvalue weighted by molar-refractivity contribution is 6.05. The highest BCUT2D eigenvalue weighted by atomic mass is 16.1. The van der Waals surface area contributed by atoms with Crippen LogP contribution < -0.4 is 0 Å². The van der Waals surface area contributed by atoms with Crippen molar-refractivity contribution in [1.82, 2.24) is 25.2 Å². The Hall–Kier alpha value is -1.98. The summed E-state index contributed by atoms with van der Waals surface area (Å²) >= 11 is 0. The molecule has 66 valence electrons. The first-order chi connectivity index (χ1) is 6.27. The number of H-pyrrole nitrogens is 1. The maximum atomic E-state index is 11.5. The zero-order valence-corrected chi connectivity index (χ0v) is 6.93. The molecule has 0 radical (unpaired) electrons. The zero-order chi connectivity index (χ0) is 9.26. The molecule has 0 atom stereocenters. The maximum absolute atomic E-state index is 11.5. The van der Waals surface area contributed by atoms with Crippen molar-refractivity contribution in [3.8, 4) is 0 Å². The van der Waals surface area contributed by atoms with Crippen molar-refractivity contribution in [3.05, 3.63) is 29.8 Å². The van der Waals surface area contributed by atoms with Crippen LogP contribution in [0.2, 0.25) is 0 Å². The van der Waals surface area contributed by atoms with Crippen LogP contribution in [0.1, 0.15) is 16.2 Å². The van der Waals surface area contributed by atoms with Gasteiger partial charge in [0.05, 0.1) is 6.20 Å². The molecule has 2 heterocycles. The van der Waals surface area contributed by atoms with Crippen LogP contribution in [0.3, 0.4) is 0 Å². The molecule has 0 spiro atoms. The number of carbonyl (C=O) groups is 1. The van der Waals surface area contributed by atoms with E-state index in [1.165, 1.54) is 6.20 Å². The molecule has 0 aliphatic rings. The lowest BCUT2D eigenvalue weighted by molar-refractivity contribution is 0.102. The molecular weight excluding hydrogens is 170 g/mol. The molecule has 6 heteroatoms. The predicted molar refractivity (Wildman–Crippen MR) is 43.0 cm³/mol. The van der Waals surface area contributed by atoms with Gasteiger partial charge in [-0.25, -0.2) is 0 Å². The van der Waals surface area contributed by atoms with E-state index in [2.05, 4.69) is 20.5 Å². The van der Waals surface area contributed by atoms with Crippen molar-refractivity contribution in [2.75, 3.05) is 0 Å². The number of nitrogens with zero attached hydrogens (tertiary/aromatic N) is 4. The lowest BCUT2D eigenvalue weighted by atomic mass is 10.2. The van der Waals surface area contributed by atoms with Crippen LogP contribution in [0.4, 0.5) is 0 Å². The Morgan fingerprint density at radius 1 is 1.54 bits per heavy atom. The minimum absolute atomic E-state index is 0.227. The number of rotatable bonds is 2. The van der Waals surface area contributed by atoms with E-state index in [4.69, 9.17) is 0 Å². The van der Waals surface area contributed by atoms with Gasteiger partial charge < -0.3 is 0 Å². The Kier molecular flexibility index (Phi) is 1.66. The van der Waals surface area contributed by atoms with Crippen molar-refractivity contribution >= 4 is 5.78 Å². The number of nitrogens with one attached hydrogen (secondary N) is 1. The molecule has 2 aromatic heterocycles. The van der Waals surface area contributed by atoms with Crippen LogP contribution in [0.25, 0.3) is 0 Å². The molecule has 0 amide bonds. The van der Waals surface area contributed by atoms with Crippen molar-refractivity contribution in [2.24, 2.45) is 7.05 Å². The quantitative estimate of drug-likeness (QED) is 0.643. The molecular formula is C7H7N5O. The third kappa shape index (κ3) is 1.33. The van der Waals surface area contributed by atoms with Gasteiger partial charge in [-0.3, -0.25) is 9.48 Å². The Labute approximate surface area is 73.6 Å². The molecule has 2 rings (SSSR count). The van der Waals surface area contributed by atoms with E-state index in [1.54, 1.807) is 24.0 Å². The van der Waals surface area contributed by atoms with E-state index in [0.717, 1.165) is 0 Å². The molecule has 0 saturated carbocycles. The smallest absolute Gasteiger partial charge is 0.235 e. The monoisotopic (exact) mass is 177 g/mol. The van der Waals surface area contributed by atoms with Crippen LogP contribution >= 0.6 is 0 Å². The summed E-state index contributed by atoms with van der Waals surface area (Å²) in [5.41, 5.74) is 0.648. The molecule has 0 aliphatic carbocycles. The molecule has 0 fully saturated rings. The topological polar surface area (TPSA) is 76.5 Å². The third-order valence-electron chi connectivity index (χ3n) is 1.59. The number of hydrogen-bond acceptors (Lipinski definition) is 4. The first-order valence-corrected chi connectivity index (χ1v) is 3.67. The Bertz CT molecular complexity index is 416. The van der Waals surface area contributed by atoms with E-state index < -0.39 is 0 Å². The van der Waals surface area contributed by atoms with Gasteiger partial charge in [0.15, 0.2) is 5.69 Å². The first-order valence-electron chi connectivity index (χ1n) is 3.67. The number of aryl methyl sites for hydroxylation is 1. The van der Waals surface area contributed by atoms with E-state index in [9.17, 15) is 4.79 Å². The van der Waals surface area contributed by atoms with Gasteiger partial charge in [0.25, 0.3) is 0 Å². The summed E-state index contributed by atoms with van der Waals surface area (Å²) in [6.07, 6.45) is 3.07. The number of carbonyl (C=O) groups excluding carboxylic acids is 1. The minimum atomic E-state index is -0.227. The van der Waals surface area contributed by atoms with Crippen LogP contribution in [0.15, 0.2) is 18.5 Å². The normalized spacial score (nSPS) is 10.2. The summed E-state index contributed by atoms with van der Waals surface area (Å²) in [5.74, 6) is -0.227. The highest BCUT2D eigenvalue weighted by Gasteiger charge is 2.13. The fourth-order valence-corrected chi connectivity index (χ4v) is 0.978. The molecule has 0 aromatic carbocycles. The van der Waals surface area contributed by atoms with E-state index in [1.807, 2.05) is 0 Å². The number of ketones is 1. The van der Waals surface area contributed by atoms with Crippen molar-refractivity contribution in [2.45, 2.75) is 0 Å². The summed E-state index contributed by atoms with van der Waals surface area (Å²) in [6, 6.07) is 1.64. The molecule has 6 nitrogen and oxygen atoms in total. The van der Waals surface area contributed by atoms with E-state index in [0.29, 0.717) is 5.69 Å². The van der Waals surface area contributed by atoms with Crippen molar-refractivity contribution in [3.63, 3.8) is 0 Å². The van der Waals surface area contributed by atoms with E-state index in [-0.39, 0.29) is 11.5 Å². The third-order valence-corrected chi connectivity index (χ3v) is 1.59. The average Bonchev–Trinajstić information content (AvgIpc) is 2.72. The number of aromatic amines is 1. The highest BCUT2D eigenvalue weighted by Crippen LogP contribution is 2.02. The lowest BCUT2D eigenvalue weighted by Crippen LogP contribution is -2.03. The van der Waals surface area contributed by atoms with Crippen molar-refractivity contribution in [1.29, 1.82) is 0 Å². The largest absolute Gasteiger partial charge is 0.285 e. The summed E-state index contributed by atoms with van der Waals surface area (Å²) in [4.78, 5) is 11.5. The second-order valence-electron chi connectivity index (χ2n) is 2.56. The van der Waals surface area contributed by atoms with Gasteiger partial charge in [-0.2, -0.15) is 20.5 Å². The van der Waals surface area contributed by atoms with Crippen LogP contribution in [-0.4, -0.2) is 31.0 Å². The molecule has 0 unspecified atom stereocenters. The Morgan fingerprint density at radius 3 is 2.92 bits per heavy atom. The fourth-order valence-electron chi connectivity index (χ4n) is 0.978. The predicted octanol–water partition coefficient (Wildman–Crippen LogP) is -0.231. The molecule has 13 heavy (non-hydrogen) atoms. The van der Waals surface area contributed by atoms with Gasteiger partial charge in [0.2, 0.25) is 5.78 Å². The molecule has 0 bridgehead atoms. The molecule has 0 saturated heterocycles. The summed E-state index contributed by atoms with van der Waals surface area (Å²) in [5, 5.41) is 13.5. The fraction of sp³-hybridized carbons (Fsp3) is 0.143. The molecule has 1 N–H and O–H groups in total. The molecule has 2 aromatic rings.